The molecule has 1 saturated carbocycles. The number of nitrogens with one attached hydrogen (secondary N) is 1. The molecule has 0 aliphatic heterocycles. The number of benzene rings is 1. The van der Waals surface area contributed by atoms with Crippen LogP contribution < -0.4 is 10.1 Å². The van der Waals surface area contributed by atoms with Gasteiger partial charge in [-0.3, -0.25) is 4.79 Å². The summed E-state index contributed by atoms with van der Waals surface area (Å²) >= 11 is 0. The molecular weight excluding hydrogens is 282 g/mol. The van der Waals surface area contributed by atoms with Crippen LogP contribution in [-0.2, 0) is 4.79 Å². The number of ether oxygens (including phenoxy) is 1. The van der Waals surface area contributed by atoms with Gasteiger partial charge in [0.1, 0.15) is 5.75 Å². The first-order chi connectivity index (χ1) is 10.5. The zero-order valence-electron chi connectivity index (χ0n) is 12.9. The number of amides is 1. The lowest BCUT2D eigenvalue weighted by molar-refractivity contribution is -0.139. The number of hydrogen-bond donors (Lipinski definition) is 2. The average molecular weight is 305 g/mol. The second-order valence-electron chi connectivity index (χ2n) is 6.06. The summed E-state index contributed by atoms with van der Waals surface area (Å²) in [5.74, 6) is 0.504. The maximum Gasteiger partial charge on any atom is 0.341 e. The van der Waals surface area contributed by atoms with Crippen molar-refractivity contribution in [2.75, 3.05) is 13.2 Å². The summed E-state index contributed by atoms with van der Waals surface area (Å²) in [6, 6.07) is 6.60. The molecule has 1 fully saturated rings. The first-order valence-corrected chi connectivity index (χ1v) is 7.77. The third-order valence-electron chi connectivity index (χ3n) is 4.05. The van der Waals surface area contributed by atoms with Crippen LogP contribution in [0, 0.1) is 11.8 Å². The van der Waals surface area contributed by atoms with Gasteiger partial charge in [-0.1, -0.05) is 25.8 Å². The summed E-state index contributed by atoms with van der Waals surface area (Å²) < 4.78 is 5.09. The van der Waals surface area contributed by atoms with Crippen molar-refractivity contribution >= 4 is 11.9 Å². The largest absolute Gasteiger partial charge is 0.482 e. The molecule has 2 atom stereocenters. The van der Waals surface area contributed by atoms with E-state index in [1.54, 1.807) is 24.3 Å². The Morgan fingerprint density at radius 1 is 1.36 bits per heavy atom. The van der Waals surface area contributed by atoms with E-state index in [-0.39, 0.29) is 5.91 Å². The van der Waals surface area contributed by atoms with Crippen molar-refractivity contribution in [3.63, 3.8) is 0 Å². The quantitative estimate of drug-likeness (QED) is 0.847. The summed E-state index contributed by atoms with van der Waals surface area (Å²) in [5, 5.41) is 11.6. The second kappa shape index (κ2) is 7.82. The predicted octanol–water partition coefficient (Wildman–Crippen LogP) is 2.71. The molecule has 120 valence electrons. The fourth-order valence-corrected chi connectivity index (χ4v) is 2.96. The highest BCUT2D eigenvalue weighted by Crippen LogP contribution is 2.28. The Bertz CT molecular complexity index is 529. The maximum atomic E-state index is 12.2. The summed E-state index contributed by atoms with van der Waals surface area (Å²) in [6.45, 7) is 2.55. The van der Waals surface area contributed by atoms with Crippen molar-refractivity contribution in [1.29, 1.82) is 0 Å². The molecule has 0 spiro atoms. The van der Waals surface area contributed by atoms with Crippen molar-refractivity contribution in [1.82, 2.24) is 5.32 Å². The van der Waals surface area contributed by atoms with Gasteiger partial charge in [0.05, 0.1) is 0 Å². The minimum absolute atomic E-state index is 0.140. The van der Waals surface area contributed by atoms with Crippen LogP contribution in [0.2, 0.25) is 0 Å². The van der Waals surface area contributed by atoms with E-state index in [9.17, 15) is 9.59 Å². The molecule has 1 aliphatic carbocycles. The summed E-state index contributed by atoms with van der Waals surface area (Å²) in [5.41, 5.74) is 0.492. The van der Waals surface area contributed by atoms with Gasteiger partial charge in [0.2, 0.25) is 0 Å². The number of hydrogen-bond acceptors (Lipinski definition) is 3. The molecule has 5 heteroatoms. The van der Waals surface area contributed by atoms with E-state index in [1.807, 2.05) is 0 Å². The normalized spacial score (nSPS) is 21.1. The van der Waals surface area contributed by atoms with E-state index in [0.717, 1.165) is 5.92 Å². The van der Waals surface area contributed by atoms with Crippen molar-refractivity contribution in [3.8, 4) is 5.75 Å². The molecule has 0 bridgehead atoms. The van der Waals surface area contributed by atoms with E-state index in [1.165, 1.54) is 25.7 Å². The molecule has 2 rings (SSSR count). The van der Waals surface area contributed by atoms with Crippen molar-refractivity contribution in [2.45, 2.75) is 32.6 Å². The topological polar surface area (TPSA) is 75.6 Å². The lowest BCUT2D eigenvalue weighted by Crippen LogP contribution is -2.31. The van der Waals surface area contributed by atoms with E-state index in [4.69, 9.17) is 9.84 Å². The van der Waals surface area contributed by atoms with Crippen LogP contribution in [-0.4, -0.2) is 30.1 Å². The van der Waals surface area contributed by atoms with Crippen LogP contribution in [0.4, 0.5) is 0 Å². The monoisotopic (exact) mass is 305 g/mol. The van der Waals surface area contributed by atoms with Crippen LogP contribution in [0.3, 0.4) is 0 Å². The molecule has 2 N–H and O–H groups in total. The van der Waals surface area contributed by atoms with Gasteiger partial charge in [-0.25, -0.2) is 4.79 Å². The lowest BCUT2D eigenvalue weighted by Gasteiger charge is -2.26. The molecule has 22 heavy (non-hydrogen) atoms. The first-order valence-electron chi connectivity index (χ1n) is 7.77. The molecule has 1 amide bonds. The van der Waals surface area contributed by atoms with Gasteiger partial charge in [0.25, 0.3) is 5.91 Å². The summed E-state index contributed by atoms with van der Waals surface area (Å²) in [6.07, 6.45) is 4.86. The number of carboxylic acids is 1. The van der Waals surface area contributed by atoms with Crippen molar-refractivity contribution in [3.05, 3.63) is 29.8 Å². The highest BCUT2D eigenvalue weighted by Gasteiger charge is 2.19. The van der Waals surface area contributed by atoms with Gasteiger partial charge >= 0.3 is 5.97 Å². The fourth-order valence-electron chi connectivity index (χ4n) is 2.96. The van der Waals surface area contributed by atoms with Crippen molar-refractivity contribution in [2.24, 2.45) is 11.8 Å². The zero-order valence-corrected chi connectivity index (χ0v) is 12.9. The molecule has 0 aromatic heterocycles. The van der Waals surface area contributed by atoms with Gasteiger partial charge in [-0.05, 0) is 42.9 Å². The number of aliphatic carboxylic acids is 1. The maximum absolute atomic E-state index is 12.2. The lowest BCUT2D eigenvalue weighted by atomic mass is 9.82. The highest BCUT2D eigenvalue weighted by atomic mass is 16.5. The van der Waals surface area contributed by atoms with E-state index < -0.39 is 12.6 Å². The highest BCUT2D eigenvalue weighted by molar-refractivity contribution is 5.94. The minimum atomic E-state index is -1.04. The molecular formula is C17H23NO4. The molecule has 5 nitrogen and oxygen atoms in total. The first kappa shape index (κ1) is 16.3. The van der Waals surface area contributed by atoms with Crippen LogP contribution in [0.1, 0.15) is 43.0 Å². The Labute approximate surface area is 130 Å². The third kappa shape index (κ3) is 5.06. The standard InChI is InChI=1S/C17H23NO4/c1-12-4-2-5-13(8-12)10-18-17(21)14-6-3-7-15(9-14)22-11-16(19)20/h3,6-7,9,12-13H,2,4-5,8,10-11H2,1H3,(H,18,21)(H,19,20). The average Bonchev–Trinajstić information content (AvgIpc) is 2.51. The fraction of sp³-hybridized carbons (Fsp3) is 0.529. The Morgan fingerprint density at radius 3 is 2.91 bits per heavy atom. The second-order valence-corrected chi connectivity index (χ2v) is 6.06. The molecule has 0 heterocycles. The van der Waals surface area contributed by atoms with Gasteiger partial charge < -0.3 is 15.2 Å². The van der Waals surface area contributed by atoms with E-state index >= 15 is 0 Å². The van der Waals surface area contributed by atoms with Gasteiger partial charge in [0, 0.05) is 12.1 Å². The Balaban J connectivity index is 1.86. The number of carboxylic acid groups (broad SMARTS) is 1. The minimum Gasteiger partial charge on any atom is -0.482 e. The van der Waals surface area contributed by atoms with Crippen molar-refractivity contribution < 1.29 is 19.4 Å². The number of carbonyl (C=O) groups is 2. The van der Waals surface area contributed by atoms with Crippen LogP contribution in [0.5, 0.6) is 5.75 Å². The molecule has 1 aromatic carbocycles. The number of rotatable bonds is 6. The Hall–Kier alpha value is -2.04. The Kier molecular flexibility index (Phi) is 5.81. The van der Waals surface area contributed by atoms with Crippen LogP contribution in [0.25, 0.3) is 0 Å². The molecule has 0 radical (unpaired) electrons. The summed E-state index contributed by atoms with van der Waals surface area (Å²) in [7, 11) is 0. The van der Waals surface area contributed by atoms with E-state index in [2.05, 4.69) is 12.2 Å². The number of carbonyl (C=O) groups excluding carboxylic acids is 1. The molecule has 0 saturated heterocycles. The van der Waals surface area contributed by atoms with Gasteiger partial charge in [-0.15, -0.1) is 0 Å². The third-order valence-corrected chi connectivity index (χ3v) is 4.05. The van der Waals surface area contributed by atoms with Crippen LogP contribution >= 0.6 is 0 Å². The molecule has 1 aliphatic rings. The Morgan fingerprint density at radius 2 is 2.18 bits per heavy atom. The van der Waals surface area contributed by atoms with Gasteiger partial charge in [-0.2, -0.15) is 0 Å². The summed E-state index contributed by atoms with van der Waals surface area (Å²) in [4.78, 5) is 22.7. The van der Waals surface area contributed by atoms with E-state index in [0.29, 0.717) is 23.8 Å². The predicted molar refractivity (Wildman–Crippen MR) is 83.0 cm³/mol. The molecule has 2 unspecified atom stereocenters. The smallest absolute Gasteiger partial charge is 0.341 e. The van der Waals surface area contributed by atoms with Crippen LogP contribution in [0.15, 0.2) is 24.3 Å². The SMILES string of the molecule is CC1CCCC(CNC(=O)c2cccc(OCC(=O)O)c2)C1. The molecule has 1 aromatic rings. The zero-order chi connectivity index (χ0) is 15.9. The van der Waals surface area contributed by atoms with Gasteiger partial charge in [0.15, 0.2) is 6.61 Å².